The number of hydrogen-bond donors (Lipinski definition) is 2. The first-order valence-corrected chi connectivity index (χ1v) is 9.08. The number of para-hydroxylation sites is 1. The van der Waals surface area contributed by atoms with Crippen molar-refractivity contribution in [2.45, 2.75) is 6.42 Å². The van der Waals surface area contributed by atoms with Crippen LogP contribution in [0.5, 0.6) is 5.75 Å². The fourth-order valence-electron chi connectivity index (χ4n) is 2.52. The van der Waals surface area contributed by atoms with Crippen molar-refractivity contribution in [3.05, 3.63) is 89.4 Å². The molecule has 0 aromatic heterocycles. The number of rotatable bonds is 7. The number of halogens is 1. The van der Waals surface area contributed by atoms with Crippen LogP contribution in [-0.2, 0) is 16.0 Å². The third-order valence-corrected chi connectivity index (χ3v) is 4.08. The predicted octanol–water partition coefficient (Wildman–Crippen LogP) is 4.54. The number of nitrogens with one attached hydrogen (secondary N) is 2. The largest absolute Gasteiger partial charge is 0.484 e. The van der Waals surface area contributed by atoms with Gasteiger partial charge >= 0.3 is 0 Å². The zero-order valence-electron chi connectivity index (χ0n) is 15.0. The number of benzene rings is 3. The first-order chi connectivity index (χ1) is 13.6. The summed E-state index contributed by atoms with van der Waals surface area (Å²) in [6.07, 6.45) is 0.238. The summed E-state index contributed by atoms with van der Waals surface area (Å²) in [6, 6.07) is 23.2. The molecular formula is C22H19ClN2O3. The SMILES string of the molecule is O=C(COc1cccc(NC(=O)Cc2ccc(Cl)cc2)c1)Nc1ccccc1. The molecule has 5 nitrogen and oxygen atoms in total. The summed E-state index contributed by atoms with van der Waals surface area (Å²) >= 11 is 5.85. The smallest absolute Gasteiger partial charge is 0.262 e. The zero-order valence-corrected chi connectivity index (χ0v) is 15.8. The minimum Gasteiger partial charge on any atom is -0.484 e. The van der Waals surface area contributed by atoms with Gasteiger partial charge in [-0.1, -0.05) is 48.0 Å². The van der Waals surface area contributed by atoms with Crippen LogP contribution in [0.15, 0.2) is 78.9 Å². The molecule has 142 valence electrons. The summed E-state index contributed by atoms with van der Waals surface area (Å²) in [5.74, 6) is 0.0807. The molecule has 0 atom stereocenters. The van der Waals surface area contributed by atoms with E-state index in [1.807, 2.05) is 30.3 Å². The summed E-state index contributed by atoms with van der Waals surface area (Å²) in [5.41, 5.74) is 2.17. The van der Waals surface area contributed by atoms with Crippen LogP contribution in [0.25, 0.3) is 0 Å². The van der Waals surface area contributed by atoms with Crippen LogP contribution in [0.4, 0.5) is 11.4 Å². The maximum absolute atomic E-state index is 12.2. The first kappa shape index (κ1) is 19.5. The lowest BCUT2D eigenvalue weighted by atomic mass is 10.1. The van der Waals surface area contributed by atoms with Crippen molar-refractivity contribution in [3.8, 4) is 5.75 Å². The van der Waals surface area contributed by atoms with E-state index in [1.54, 1.807) is 48.5 Å². The molecule has 28 heavy (non-hydrogen) atoms. The minimum absolute atomic E-state index is 0.128. The van der Waals surface area contributed by atoms with Gasteiger partial charge in [0.15, 0.2) is 6.61 Å². The molecule has 0 radical (unpaired) electrons. The van der Waals surface area contributed by atoms with Gasteiger partial charge in [0.2, 0.25) is 5.91 Å². The van der Waals surface area contributed by atoms with Crippen LogP contribution in [0, 0.1) is 0 Å². The van der Waals surface area contributed by atoms with Crippen LogP contribution in [-0.4, -0.2) is 18.4 Å². The van der Waals surface area contributed by atoms with E-state index in [9.17, 15) is 9.59 Å². The maximum atomic E-state index is 12.2. The van der Waals surface area contributed by atoms with E-state index in [4.69, 9.17) is 16.3 Å². The highest BCUT2D eigenvalue weighted by Crippen LogP contribution is 2.18. The topological polar surface area (TPSA) is 67.4 Å². The lowest BCUT2D eigenvalue weighted by molar-refractivity contribution is -0.118. The van der Waals surface area contributed by atoms with Crippen LogP contribution >= 0.6 is 11.6 Å². The number of amides is 2. The Morgan fingerprint density at radius 1 is 0.786 bits per heavy atom. The molecule has 0 spiro atoms. The second kappa shape index (κ2) is 9.58. The maximum Gasteiger partial charge on any atom is 0.262 e. The lowest BCUT2D eigenvalue weighted by Gasteiger charge is -2.10. The molecule has 0 aliphatic rings. The Balaban J connectivity index is 1.51. The molecule has 0 saturated carbocycles. The summed E-state index contributed by atoms with van der Waals surface area (Å²) in [6.45, 7) is -0.128. The summed E-state index contributed by atoms with van der Waals surface area (Å²) in [7, 11) is 0. The molecule has 6 heteroatoms. The average molecular weight is 395 g/mol. The van der Waals surface area contributed by atoms with Crippen molar-refractivity contribution in [1.82, 2.24) is 0 Å². The minimum atomic E-state index is -0.261. The summed E-state index contributed by atoms with van der Waals surface area (Å²) in [5, 5.41) is 6.20. The van der Waals surface area contributed by atoms with E-state index in [-0.39, 0.29) is 24.8 Å². The number of carbonyl (C=O) groups excluding carboxylic acids is 2. The van der Waals surface area contributed by atoms with Crippen molar-refractivity contribution < 1.29 is 14.3 Å². The average Bonchev–Trinajstić information content (AvgIpc) is 2.69. The van der Waals surface area contributed by atoms with Crippen molar-refractivity contribution in [3.63, 3.8) is 0 Å². The fraction of sp³-hybridized carbons (Fsp3) is 0.0909. The van der Waals surface area contributed by atoms with Gasteiger partial charge in [-0.05, 0) is 42.0 Å². The van der Waals surface area contributed by atoms with E-state index in [0.29, 0.717) is 22.1 Å². The van der Waals surface area contributed by atoms with Gasteiger partial charge in [-0.2, -0.15) is 0 Å². The standard InChI is InChI=1S/C22H19ClN2O3/c23-17-11-9-16(10-12-17)13-21(26)25-19-7-4-8-20(14-19)28-15-22(27)24-18-5-2-1-3-6-18/h1-12,14H,13,15H2,(H,24,27)(H,25,26). The molecule has 0 aliphatic carbocycles. The number of anilines is 2. The number of ether oxygens (including phenoxy) is 1. The molecule has 3 aromatic rings. The quantitative estimate of drug-likeness (QED) is 0.618. The third-order valence-electron chi connectivity index (χ3n) is 3.82. The summed E-state index contributed by atoms with van der Waals surface area (Å²) in [4.78, 5) is 24.2. The van der Waals surface area contributed by atoms with Crippen LogP contribution in [0.2, 0.25) is 5.02 Å². The van der Waals surface area contributed by atoms with Crippen LogP contribution in [0.3, 0.4) is 0 Å². The molecule has 2 amide bonds. The molecule has 0 saturated heterocycles. The molecule has 0 fully saturated rings. The van der Waals surface area contributed by atoms with E-state index in [1.165, 1.54) is 0 Å². The van der Waals surface area contributed by atoms with Gasteiger partial charge in [-0.25, -0.2) is 0 Å². The molecule has 3 aromatic carbocycles. The Bertz CT molecular complexity index is 944. The van der Waals surface area contributed by atoms with Gasteiger partial charge < -0.3 is 15.4 Å². The van der Waals surface area contributed by atoms with Crippen molar-refractivity contribution in [1.29, 1.82) is 0 Å². The van der Waals surface area contributed by atoms with Gasteiger partial charge in [-0.3, -0.25) is 9.59 Å². The van der Waals surface area contributed by atoms with E-state index in [0.717, 1.165) is 5.56 Å². The van der Waals surface area contributed by atoms with Crippen molar-refractivity contribution in [2.75, 3.05) is 17.2 Å². The molecular weight excluding hydrogens is 376 g/mol. The number of hydrogen-bond acceptors (Lipinski definition) is 3. The summed E-state index contributed by atoms with van der Waals surface area (Å²) < 4.78 is 5.52. The van der Waals surface area contributed by atoms with Gasteiger partial charge in [0, 0.05) is 22.5 Å². The van der Waals surface area contributed by atoms with E-state index >= 15 is 0 Å². The molecule has 0 aliphatic heterocycles. The lowest BCUT2D eigenvalue weighted by Crippen LogP contribution is -2.20. The second-order valence-electron chi connectivity index (χ2n) is 6.08. The van der Waals surface area contributed by atoms with Crippen LogP contribution in [0.1, 0.15) is 5.56 Å². The Morgan fingerprint density at radius 3 is 2.21 bits per heavy atom. The Labute approximate surface area is 168 Å². The Hall–Kier alpha value is -3.31. The highest BCUT2D eigenvalue weighted by molar-refractivity contribution is 6.30. The Kier molecular flexibility index (Phi) is 6.65. The van der Waals surface area contributed by atoms with Crippen LogP contribution < -0.4 is 15.4 Å². The van der Waals surface area contributed by atoms with E-state index < -0.39 is 0 Å². The van der Waals surface area contributed by atoms with Crippen molar-refractivity contribution >= 4 is 34.8 Å². The van der Waals surface area contributed by atoms with Gasteiger partial charge in [-0.15, -0.1) is 0 Å². The molecule has 2 N–H and O–H groups in total. The van der Waals surface area contributed by atoms with Crippen molar-refractivity contribution in [2.24, 2.45) is 0 Å². The monoisotopic (exact) mass is 394 g/mol. The molecule has 3 rings (SSSR count). The fourth-order valence-corrected chi connectivity index (χ4v) is 2.65. The van der Waals surface area contributed by atoms with Gasteiger partial charge in [0.05, 0.1) is 6.42 Å². The predicted molar refractivity (Wildman–Crippen MR) is 111 cm³/mol. The third kappa shape index (κ3) is 6.14. The molecule has 0 unspecified atom stereocenters. The molecule has 0 bridgehead atoms. The van der Waals surface area contributed by atoms with Gasteiger partial charge in [0.1, 0.15) is 5.75 Å². The first-order valence-electron chi connectivity index (χ1n) is 8.70. The highest BCUT2D eigenvalue weighted by Gasteiger charge is 2.07. The second-order valence-corrected chi connectivity index (χ2v) is 6.52. The number of carbonyl (C=O) groups is 2. The molecule has 0 heterocycles. The van der Waals surface area contributed by atoms with Gasteiger partial charge in [0.25, 0.3) is 5.91 Å². The van der Waals surface area contributed by atoms with E-state index in [2.05, 4.69) is 10.6 Å². The zero-order chi connectivity index (χ0) is 19.8. The normalized spacial score (nSPS) is 10.2. The Morgan fingerprint density at radius 2 is 1.46 bits per heavy atom. The highest BCUT2D eigenvalue weighted by atomic mass is 35.5.